The standard InChI is InChI=1S/C41H43N3O7/c1-3-21-43(2)25-34-22-37(31-15-13-28(26-45)14-16-31)51-40(50-34)32-19-17-30(18-20-32)35-12-8-7-11-33(35)24-44-38(46)23-36(39(44)47)42-41(48)49-27-29-9-5-4-6-10-29/h3-20,34,36-37,40,45H,1,21-27H2,2H3,(H,42,48)/t34-,36?,37+,40+/m1/s1. The van der Waals surface area contributed by atoms with E-state index in [0.717, 1.165) is 45.5 Å². The molecule has 2 aliphatic rings. The predicted octanol–water partition coefficient (Wildman–Crippen LogP) is 6.06. The molecule has 0 spiro atoms. The van der Waals surface area contributed by atoms with Gasteiger partial charge in [-0.05, 0) is 40.4 Å². The van der Waals surface area contributed by atoms with E-state index in [1.54, 1.807) is 0 Å². The minimum Gasteiger partial charge on any atom is -0.445 e. The van der Waals surface area contributed by atoms with Crippen molar-refractivity contribution in [2.24, 2.45) is 0 Å². The molecule has 2 aliphatic heterocycles. The van der Waals surface area contributed by atoms with Crippen molar-refractivity contribution in [3.63, 3.8) is 0 Å². The molecule has 0 aromatic heterocycles. The Morgan fingerprint density at radius 2 is 1.65 bits per heavy atom. The number of ether oxygens (including phenoxy) is 3. The Labute approximate surface area is 298 Å². The van der Waals surface area contributed by atoms with Gasteiger partial charge in [-0.2, -0.15) is 0 Å². The minimum absolute atomic E-state index is 0.0175. The van der Waals surface area contributed by atoms with Crippen molar-refractivity contribution < 1.29 is 33.7 Å². The third-order valence-electron chi connectivity index (χ3n) is 9.16. The number of aliphatic hydroxyl groups is 1. The molecular formula is C41H43N3O7. The number of nitrogens with zero attached hydrogens (tertiary/aromatic N) is 2. The van der Waals surface area contributed by atoms with Crippen LogP contribution in [0.15, 0.2) is 116 Å². The number of nitrogens with one attached hydrogen (secondary N) is 1. The van der Waals surface area contributed by atoms with Crippen molar-refractivity contribution in [3.8, 4) is 11.1 Å². The van der Waals surface area contributed by atoms with Crippen LogP contribution in [0, 0.1) is 0 Å². The Kier molecular flexibility index (Phi) is 11.7. The number of amides is 3. The van der Waals surface area contributed by atoms with Crippen molar-refractivity contribution in [1.29, 1.82) is 0 Å². The van der Waals surface area contributed by atoms with Crippen LogP contribution >= 0.6 is 0 Å². The maximum Gasteiger partial charge on any atom is 0.408 e. The van der Waals surface area contributed by atoms with Gasteiger partial charge >= 0.3 is 6.09 Å². The summed E-state index contributed by atoms with van der Waals surface area (Å²) in [5.74, 6) is -0.832. The van der Waals surface area contributed by atoms with Crippen LogP contribution in [-0.2, 0) is 43.6 Å². The predicted molar refractivity (Wildman–Crippen MR) is 192 cm³/mol. The summed E-state index contributed by atoms with van der Waals surface area (Å²) in [4.78, 5) is 42.0. The average molecular weight is 690 g/mol. The van der Waals surface area contributed by atoms with Gasteiger partial charge < -0.3 is 29.5 Å². The van der Waals surface area contributed by atoms with E-state index in [-0.39, 0.29) is 44.3 Å². The fourth-order valence-electron chi connectivity index (χ4n) is 6.47. The van der Waals surface area contributed by atoms with Crippen molar-refractivity contribution in [2.75, 3.05) is 20.1 Å². The maximum absolute atomic E-state index is 13.3. The normalized spacial score (nSPS) is 20.4. The summed E-state index contributed by atoms with van der Waals surface area (Å²) in [6.45, 7) is 5.41. The molecule has 1 unspecified atom stereocenters. The van der Waals surface area contributed by atoms with Crippen LogP contribution in [0.1, 0.15) is 53.1 Å². The van der Waals surface area contributed by atoms with Gasteiger partial charge in [-0.25, -0.2) is 4.79 Å². The lowest BCUT2D eigenvalue weighted by Crippen LogP contribution is -2.41. The van der Waals surface area contributed by atoms with Crippen LogP contribution in [0.2, 0.25) is 0 Å². The number of alkyl carbamates (subject to hydrolysis) is 1. The van der Waals surface area contributed by atoms with Gasteiger partial charge in [-0.1, -0.05) is 109 Å². The largest absolute Gasteiger partial charge is 0.445 e. The number of carbonyl (C=O) groups is 3. The first kappa shape index (κ1) is 35.7. The van der Waals surface area contributed by atoms with Gasteiger partial charge in [0.25, 0.3) is 5.91 Å². The molecule has 0 radical (unpaired) electrons. The van der Waals surface area contributed by atoms with Crippen LogP contribution in [0.25, 0.3) is 11.1 Å². The lowest BCUT2D eigenvalue weighted by Gasteiger charge is -2.37. The Balaban J connectivity index is 1.13. The molecule has 264 valence electrons. The Morgan fingerprint density at radius 3 is 2.37 bits per heavy atom. The smallest absolute Gasteiger partial charge is 0.408 e. The molecule has 3 amide bonds. The van der Waals surface area contributed by atoms with E-state index in [2.05, 4.69) is 16.8 Å². The summed E-state index contributed by atoms with van der Waals surface area (Å²) in [6.07, 6.45) is 0.786. The number of hydrogen-bond donors (Lipinski definition) is 2. The molecule has 10 heteroatoms. The van der Waals surface area contributed by atoms with Crippen molar-refractivity contribution in [2.45, 2.75) is 57.1 Å². The summed E-state index contributed by atoms with van der Waals surface area (Å²) < 4.78 is 18.3. The summed E-state index contributed by atoms with van der Waals surface area (Å²) in [5.41, 5.74) is 6.12. The van der Waals surface area contributed by atoms with Crippen LogP contribution in [-0.4, -0.2) is 65.1 Å². The van der Waals surface area contributed by atoms with Crippen LogP contribution < -0.4 is 5.32 Å². The quantitative estimate of drug-likeness (QED) is 0.129. The van der Waals surface area contributed by atoms with Crippen molar-refractivity contribution >= 4 is 17.9 Å². The molecule has 51 heavy (non-hydrogen) atoms. The van der Waals surface area contributed by atoms with Gasteiger partial charge in [-0.15, -0.1) is 6.58 Å². The number of likely N-dealkylation sites (N-methyl/N-ethyl adjacent to an activating group) is 1. The molecule has 2 fully saturated rings. The summed E-state index contributed by atoms with van der Waals surface area (Å²) >= 11 is 0. The molecule has 0 bridgehead atoms. The number of likely N-dealkylation sites (tertiary alicyclic amines) is 1. The number of rotatable bonds is 13. The topological polar surface area (TPSA) is 118 Å². The first-order valence-electron chi connectivity index (χ1n) is 17.1. The zero-order valence-corrected chi connectivity index (χ0v) is 28.6. The van der Waals surface area contributed by atoms with E-state index in [1.807, 2.05) is 116 Å². The molecule has 4 atom stereocenters. The maximum atomic E-state index is 13.3. The molecule has 2 N–H and O–H groups in total. The van der Waals surface area contributed by atoms with Gasteiger partial charge in [-0.3, -0.25) is 14.5 Å². The summed E-state index contributed by atoms with van der Waals surface area (Å²) in [5, 5.41) is 12.1. The molecule has 0 saturated carbocycles. The summed E-state index contributed by atoms with van der Waals surface area (Å²) in [6, 6.07) is 31.6. The second kappa shape index (κ2) is 16.7. The highest BCUT2D eigenvalue weighted by Gasteiger charge is 2.40. The molecule has 10 nitrogen and oxygen atoms in total. The fourth-order valence-corrected chi connectivity index (χ4v) is 6.47. The van der Waals surface area contributed by atoms with Crippen LogP contribution in [0.5, 0.6) is 0 Å². The Morgan fingerprint density at radius 1 is 0.941 bits per heavy atom. The van der Waals surface area contributed by atoms with E-state index < -0.39 is 24.3 Å². The Hall–Kier alpha value is -5.13. The fraction of sp³-hybridized carbons (Fsp3) is 0.293. The number of imide groups is 1. The zero-order valence-electron chi connectivity index (χ0n) is 28.6. The molecule has 6 rings (SSSR count). The van der Waals surface area contributed by atoms with E-state index >= 15 is 0 Å². The minimum atomic E-state index is -0.987. The number of aliphatic hydroxyl groups excluding tert-OH is 1. The first-order valence-corrected chi connectivity index (χ1v) is 17.1. The lowest BCUT2D eigenvalue weighted by molar-refractivity contribution is -0.252. The first-order chi connectivity index (χ1) is 24.8. The van der Waals surface area contributed by atoms with Crippen LogP contribution in [0.4, 0.5) is 4.79 Å². The second-order valence-electron chi connectivity index (χ2n) is 12.9. The molecule has 4 aromatic carbocycles. The number of hydrogen-bond acceptors (Lipinski definition) is 8. The van der Waals surface area contributed by atoms with Gasteiger partial charge in [0.2, 0.25) is 5.91 Å². The number of benzene rings is 4. The zero-order chi connectivity index (χ0) is 35.7. The third-order valence-corrected chi connectivity index (χ3v) is 9.16. The van der Waals surface area contributed by atoms with Gasteiger partial charge in [0, 0.05) is 25.1 Å². The van der Waals surface area contributed by atoms with Gasteiger partial charge in [0.1, 0.15) is 12.6 Å². The van der Waals surface area contributed by atoms with E-state index in [1.165, 1.54) is 4.90 Å². The van der Waals surface area contributed by atoms with Crippen molar-refractivity contribution in [1.82, 2.24) is 15.1 Å². The van der Waals surface area contributed by atoms with Gasteiger partial charge in [0.15, 0.2) is 6.29 Å². The van der Waals surface area contributed by atoms with E-state index in [0.29, 0.717) is 13.0 Å². The van der Waals surface area contributed by atoms with Gasteiger partial charge in [0.05, 0.1) is 31.8 Å². The van der Waals surface area contributed by atoms with Crippen molar-refractivity contribution in [3.05, 3.63) is 144 Å². The number of carbonyl (C=O) groups excluding carboxylic acids is 3. The highest BCUT2D eigenvalue weighted by Crippen LogP contribution is 2.39. The Bertz CT molecular complexity index is 1810. The molecule has 4 aromatic rings. The molecule has 2 saturated heterocycles. The lowest BCUT2D eigenvalue weighted by atomic mass is 9.97. The average Bonchev–Trinajstić information content (AvgIpc) is 3.41. The monoisotopic (exact) mass is 689 g/mol. The summed E-state index contributed by atoms with van der Waals surface area (Å²) in [7, 11) is 2.04. The molecule has 2 heterocycles. The van der Waals surface area contributed by atoms with Crippen LogP contribution in [0.3, 0.4) is 0 Å². The van der Waals surface area contributed by atoms with E-state index in [9.17, 15) is 19.5 Å². The molecule has 0 aliphatic carbocycles. The third kappa shape index (κ3) is 8.97. The highest BCUT2D eigenvalue weighted by molar-refractivity contribution is 6.06. The SMILES string of the molecule is C=CCN(C)C[C@H]1C[C@@H](c2ccc(CO)cc2)O[C@@H](c2ccc(-c3ccccc3CN3C(=O)CC(NC(=O)OCc4ccccc4)C3=O)cc2)O1. The van der Waals surface area contributed by atoms with E-state index in [4.69, 9.17) is 14.2 Å². The molecular weight excluding hydrogens is 646 g/mol. The second-order valence-corrected chi connectivity index (χ2v) is 12.9. The highest BCUT2D eigenvalue weighted by atomic mass is 16.7.